The maximum absolute atomic E-state index is 13.4. The van der Waals surface area contributed by atoms with E-state index in [1.54, 1.807) is 24.3 Å². The molecule has 176 valence electrons. The number of nitrogens with one attached hydrogen (secondary N) is 1. The van der Waals surface area contributed by atoms with Gasteiger partial charge in [0, 0.05) is 17.3 Å². The zero-order valence-corrected chi connectivity index (χ0v) is 19.6. The fourth-order valence-electron chi connectivity index (χ4n) is 3.75. The van der Waals surface area contributed by atoms with Crippen LogP contribution in [0.4, 0.5) is 24.5 Å². The summed E-state index contributed by atoms with van der Waals surface area (Å²) in [7, 11) is 0. The molecule has 0 bridgehead atoms. The summed E-state index contributed by atoms with van der Waals surface area (Å²) in [6.07, 6.45) is -4.55. The molecule has 11 heteroatoms. The van der Waals surface area contributed by atoms with Crippen LogP contribution in [-0.2, 0) is 20.6 Å². The summed E-state index contributed by atoms with van der Waals surface area (Å²) in [5, 5.41) is 2.40. The summed E-state index contributed by atoms with van der Waals surface area (Å²) in [6, 6.07) is 10.8. The molecule has 3 amide bonds. The first kappa shape index (κ1) is 24.0. The molecular weight excluding hydrogens is 487 g/mol. The lowest BCUT2D eigenvalue weighted by atomic mass is 10.1. The molecule has 2 aromatic rings. The molecule has 2 aliphatic heterocycles. The van der Waals surface area contributed by atoms with Crippen molar-refractivity contribution in [3.63, 3.8) is 0 Å². The van der Waals surface area contributed by atoms with Crippen LogP contribution in [0.2, 0.25) is 0 Å². The monoisotopic (exact) mass is 505 g/mol. The number of thiocarbonyl (C=S) groups is 1. The normalized spacial score (nSPS) is 18.2. The van der Waals surface area contributed by atoms with Crippen molar-refractivity contribution in [2.45, 2.75) is 26.1 Å². The van der Waals surface area contributed by atoms with Gasteiger partial charge in [0.1, 0.15) is 10.9 Å². The highest BCUT2D eigenvalue weighted by atomic mass is 32.2. The number of fused-ring (bicyclic) bond motifs is 1. The molecule has 34 heavy (non-hydrogen) atoms. The number of carbonyl (C=O) groups excluding carboxylic acids is 3. The molecule has 6 nitrogen and oxygen atoms in total. The Morgan fingerprint density at radius 2 is 1.79 bits per heavy atom. The number of hydrogen-bond acceptors (Lipinski definition) is 5. The number of benzene rings is 2. The van der Waals surface area contributed by atoms with Crippen LogP contribution in [0.5, 0.6) is 0 Å². The topological polar surface area (TPSA) is 69.7 Å². The van der Waals surface area contributed by atoms with Gasteiger partial charge >= 0.3 is 6.18 Å². The Morgan fingerprint density at radius 1 is 1.09 bits per heavy atom. The van der Waals surface area contributed by atoms with Crippen LogP contribution in [0, 0.1) is 0 Å². The first-order valence-electron chi connectivity index (χ1n) is 10.2. The van der Waals surface area contributed by atoms with Crippen LogP contribution < -0.4 is 10.2 Å². The largest absolute Gasteiger partial charge is 0.416 e. The zero-order chi connectivity index (χ0) is 24.8. The second kappa shape index (κ2) is 8.88. The first-order valence-corrected chi connectivity index (χ1v) is 11.4. The van der Waals surface area contributed by atoms with Crippen molar-refractivity contribution in [2.75, 3.05) is 16.8 Å². The molecule has 0 aromatic heterocycles. The van der Waals surface area contributed by atoms with Gasteiger partial charge in [-0.3, -0.25) is 24.2 Å². The third kappa shape index (κ3) is 4.32. The lowest BCUT2D eigenvalue weighted by molar-refractivity contribution is -0.137. The zero-order valence-electron chi connectivity index (χ0n) is 18.0. The number of amides is 3. The maximum Gasteiger partial charge on any atom is 0.416 e. The van der Waals surface area contributed by atoms with Gasteiger partial charge in [-0.15, -0.1) is 0 Å². The molecule has 1 saturated heterocycles. The van der Waals surface area contributed by atoms with E-state index in [0.717, 1.165) is 23.9 Å². The van der Waals surface area contributed by atoms with Crippen LogP contribution in [0.25, 0.3) is 5.57 Å². The molecule has 0 saturated carbocycles. The number of para-hydroxylation sites is 1. The molecular formula is C23H18F3N3O3S2. The van der Waals surface area contributed by atoms with Gasteiger partial charge in [0.25, 0.3) is 11.8 Å². The molecule has 1 fully saturated rings. The molecule has 0 unspecified atom stereocenters. The lowest BCUT2D eigenvalue weighted by Crippen LogP contribution is -2.36. The second-order valence-electron chi connectivity index (χ2n) is 7.88. The number of rotatable bonds is 4. The van der Waals surface area contributed by atoms with Gasteiger partial charge in [-0.25, -0.2) is 0 Å². The van der Waals surface area contributed by atoms with Crippen molar-refractivity contribution in [3.05, 3.63) is 64.6 Å². The van der Waals surface area contributed by atoms with Gasteiger partial charge < -0.3 is 5.32 Å². The van der Waals surface area contributed by atoms with Gasteiger partial charge in [-0.1, -0.05) is 48.2 Å². The Balaban J connectivity index is 1.63. The smallest absolute Gasteiger partial charge is 0.325 e. The van der Waals surface area contributed by atoms with Crippen molar-refractivity contribution in [3.8, 4) is 0 Å². The highest BCUT2D eigenvalue weighted by Crippen LogP contribution is 2.44. The van der Waals surface area contributed by atoms with Crippen LogP contribution in [-0.4, -0.2) is 39.5 Å². The molecule has 2 aromatic carbocycles. The molecule has 0 radical (unpaired) electrons. The Labute approximate surface area is 202 Å². The maximum atomic E-state index is 13.4. The average Bonchev–Trinajstić information content (AvgIpc) is 3.20. The number of thioether (sulfide) groups is 1. The minimum atomic E-state index is -4.55. The Hall–Kier alpha value is -3.18. The quantitative estimate of drug-likeness (QED) is 0.483. The number of hydrogen-bond donors (Lipinski definition) is 1. The molecule has 0 spiro atoms. The number of nitrogens with zero attached hydrogens (tertiary/aromatic N) is 2. The third-order valence-electron chi connectivity index (χ3n) is 5.24. The standard InChI is InChI=1S/C23H18F3N3O3S2/c1-12(2)29-21(32)19(34-22(29)33)18-15-8-3-4-9-16(15)28(20(18)31)11-17(30)27-14-7-5-6-13(10-14)23(24,25)26/h3-10,12H,11H2,1-2H3,(H,27,30)/b19-18+. The summed E-state index contributed by atoms with van der Waals surface area (Å²) in [5.74, 6) is -1.61. The van der Waals surface area contributed by atoms with E-state index < -0.39 is 30.1 Å². The minimum Gasteiger partial charge on any atom is -0.325 e. The highest BCUT2D eigenvalue weighted by Gasteiger charge is 2.43. The summed E-state index contributed by atoms with van der Waals surface area (Å²) in [4.78, 5) is 41.9. The van der Waals surface area contributed by atoms with Crippen molar-refractivity contribution in [1.29, 1.82) is 0 Å². The van der Waals surface area contributed by atoms with Crippen LogP contribution in [0.1, 0.15) is 25.0 Å². The van der Waals surface area contributed by atoms with E-state index >= 15 is 0 Å². The van der Waals surface area contributed by atoms with Crippen molar-refractivity contribution < 1.29 is 27.6 Å². The highest BCUT2D eigenvalue weighted by molar-refractivity contribution is 8.26. The van der Waals surface area contributed by atoms with Crippen molar-refractivity contribution >= 4 is 63.0 Å². The van der Waals surface area contributed by atoms with Crippen molar-refractivity contribution in [2.24, 2.45) is 0 Å². The summed E-state index contributed by atoms with van der Waals surface area (Å²) in [5.41, 5.74) is 0.128. The first-order chi connectivity index (χ1) is 16.0. The average molecular weight is 506 g/mol. The SMILES string of the molecule is CC(C)N1C(=O)/C(=C2\C(=O)N(CC(=O)Nc3cccc(C(F)(F)F)c3)c3ccccc32)SC1=S. The molecule has 1 N–H and O–H groups in total. The van der Waals surface area contributed by atoms with E-state index in [1.807, 2.05) is 13.8 Å². The van der Waals surface area contributed by atoms with E-state index in [1.165, 1.54) is 21.9 Å². The summed E-state index contributed by atoms with van der Waals surface area (Å²) < 4.78 is 39.2. The predicted octanol–water partition coefficient (Wildman–Crippen LogP) is 4.67. The predicted molar refractivity (Wildman–Crippen MR) is 128 cm³/mol. The van der Waals surface area contributed by atoms with Gasteiger partial charge in [-0.2, -0.15) is 13.2 Å². The van der Waals surface area contributed by atoms with E-state index in [2.05, 4.69) is 5.32 Å². The molecule has 0 aliphatic carbocycles. The van der Waals surface area contributed by atoms with Crippen molar-refractivity contribution in [1.82, 2.24) is 4.90 Å². The van der Waals surface area contributed by atoms with Gasteiger partial charge in [0.2, 0.25) is 5.91 Å². The fraction of sp³-hybridized carbons (Fsp3) is 0.217. The number of carbonyl (C=O) groups is 3. The fourth-order valence-corrected chi connectivity index (χ4v) is 5.34. The van der Waals surface area contributed by atoms with Gasteiger partial charge in [0.15, 0.2) is 0 Å². The Kier molecular flexibility index (Phi) is 6.26. The van der Waals surface area contributed by atoms with E-state index in [-0.39, 0.29) is 28.1 Å². The number of anilines is 2. The Bertz CT molecular complexity index is 1260. The van der Waals surface area contributed by atoms with E-state index in [9.17, 15) is 27.6 Å². The van der Waals surface area contributed by atoms with Gasteiger partial charge in [0.05, 0.1) is 21.7 Å². The summed E-state index contributed by atoms with van der Waals surface area (Å²) in [6.45, 7) is 3.18. The van der Waals surface area contributed by atoms with Crippen LogP contribution >= 0.6 is 24.0 Å². The third-order valence-corrected chi connectivity index (χ3v) is 6.64. The van der Waals surface area contributed by atoms with Crippen LogP contribution in [0.15, 0.2) is 53.4 Å². The molecule has 4 rings (SSSR count). The number of halogens is 3. The van der Waals surface area contributed by atoms with Gasteiger partial charge in [-0.05, 0) is 38.1 Å². The second-order valence-corrected chi connectivity index (χ2v) is 9.52. The van der Waals surface area contributed by atoms with E-state index in [4.69, 9.17) is 12.2 Å². The van der Waals surface area contributed by atoms with Crippen LogP contribution in [0.3, 0.4) is 0 Å². The molecule has 2 aliphatic rings. The Morgan fingerprint density at radius 3 is 2.44 bits per heavy atom. The lowest BCUT2D eigenvalue weighted by Gasteiger charge is -2.18. The minimum absolute atomic E-state index is 0.0437. The number of alkyl halides is 3. The molecule has 0 atom stereocenters. The van der Waals surface area contributed by atoms with E-state index in [0.29, 0.717) is 15.6 Å². The molecule has 2 heterocycles. The summed E-state index contributed by atoms with van der Waals surface area (Å²) >= 11 is 6.35.